The normalized spacial score (nSPS) is 32.2. The molecule has 4 aliphatic rings. The van der Waals surface area contributed by atoms with Crippen molar-refractivity contribution < 1.29 is 14.3 Å². The van der Waals surface area contributed by atoms with Gasteiger partial charge in [-0.1, -0.05) is 0 Å². The molecule has 3 atom stereocenters. The Kier molecular flexibility index (Phi) is 4.45. The van der Waals surface area contributed by atoms with Crippen molar-refractivity contribution in [3.05, 3.63) is 0 Å². The molecular formula is C20H33N3O3. The predicted molar refractivity (Wildman–Crippen MR) is 98.6 cm³/mol. The monoisotopic (exact) mass is 363 g/mol. The molecule has 146 valence electrons. The van der Waals surface area contributed by atoms with Crippen LogP contribution in [0.15, 0.2) is 0 Å². The lowest BCUT2D eigenvalue weighted by atomic mass is 9.60. The molecule has 2 saturated heterocycles. The minimum Gasteiger partial charge on any atom is -0.450 e. The van der Waals surface area contributed by atoms with Gasteiger partial charge in [0.15, 0.2) is 0 Å². The van der Waals surface area contributed by atoms with E-state index in [0.717, 1.165) is 32.7 Å². The second kappa shape index (κ2) is 6.39. The molecule has 4 rings (SSSR count). The number of amides is 2. The van der Waals surface area contributed by atoms with Crippen molar-refractivity contribution in [1.29, 1.82) is 0 Å². The van der Waals surface area contributed by atoms with Gasteiger partial charge in [-0.25, -0.2) is 4.79 Å². The Hall–Kier alpha value is -1.30. The van der Waals surface area contributed by atoms with Crippen LogP contribution >= 0.6 is 0 Å². The third-order valence-corrected chi connectivity index (χ3v) is 7.19. The summed E-state index contributed by atoms with van der Waals surface area (Å²) in [7, 11) is 0. The largest absolute Gasteiger partial charge is 0.450 e. The van der Waals surface area contributed by atoms with E-state index in [4.69, 9.17) is 4.74 Å². The Morgan fingerprint density at radius 2 is 1.77 bits per heavy atom. The van der Waals surface area contributed by atoms with Crippen molar-refractivity contribution in [3.8, 4) is 0 Å². The summed E-state index contributed by atoms with van der Waals surface area (Å²) in [6, 6.07) is 0.965. The zero-order valence-electron chi connectivity index (χ0n) is 16.6. The molecule has 0 bridgehead atoms. The zero-order chi connectivity index (χ0) is 18.6. The molecule has 4 fully saturated rings. The average Bonchev–Trinajstić information content (AvgIpc) is 3.00. The van der Waals surface area contributed by atoms with Crippen LogP contribution in [0.25, 0.3) is 0 Å². The van der Waals surface area contributed by atoms with Gasteiger partial charge in [-0.05, 0) is 52.4 Å². The highest BCUT2D eigenvalue weighted by Crippen LogP contribution is 2.57. The summed E-state index contributed by atoms with van der Waals surface area (Å²) in [6.07, 6.45) is 2.25. The van der Waals surface area contributed by atoms with E-state index in [2.05, 4.69) is 25.7 Å². The molecule has 2 aliphatic heterocycles. The number of nitrogens with zero attached hydrogens (tertiary/aromatic N) is 3. The van der Waals surface area contributed by atoms with E-state index in [0.29, 0.717) is 41.8 Å². The number of fused-ring (bicyclic) bond motifs is 1. The quantitative estimate of drug-likeness (QED) is 0.750. The summed E-state index contributed by atoms with van der Waals surface area (Å²) in [5, 5.41) is 0. The fraction of sp³-hybridized carbons (Fsp3) is 0.900. The van der Waals surface area contributed by atoms with Gasteiger partial charge in [0.2, 0.25) is 5.91 Å². The molecule has 2 amide bonds. The number of likely N-dealkylation sites (tertiary alicyclic amines) is 2. The summed E-state index contributed by atoms with van der Waals surface area (Å²) in [5.41, 5.74) is 0.357. The van der Waals surface area contributed by atoms with Crippen molar-refractivity contribution in [1.82, 2.24) is 14.7 Å². The third-order valence-electron chi connectivity index (χ3n) is 7.19. The lowest BCUT2D eigenvalue weighted by molar-refractivity contribution is -0.135. The van der Waals surface area contributed by atoms with Crippen LogP contribution in [0.4, 0.5) is 4.79 Å². The van der Waals surface area contributed by atoms with Gasteiger partial charge < -0.3 is 14.5 Å². The molecule has 2 heterocycles. The number of carbonyl (C=O) groups excluding carboxylic acids is 2. The average molecular weight is 364 g/mol. The molecule has 2 saturated carbocycles. The van der Waals surface area contributed by atoms with Gasteiger partial charge in [0.25, 0.3) is 0 Å². The first-order valence-electron chi connectivity index (χ1n) is 10.4. The zero-order valence-corrected chi connectivity index (χ0v) is 16.6. The second-order valence-corrected chi connectivity index (χ2v) is 9.14. The Morgan fingerprint density at radius 3 is 2.27 bits per heavy atom. The van der Waals surface area contributed by atoms with Gasteiger partial charge in [-0.2, -0.15) is 0 Å². The molecule has 6 heteroatoms. The molecule has 0 unspecified atom stereocenters. The lowest BCUT2D eigenvalue weighted by Gasteiger charge is -2.60. The SMILES string of the molecule is CCOC(=O)N1CC2(CC(N3C[C@@H]4[C@H](C3)[C@H]4C(=O)N(CC)C(C)C)C2)C1. The molecule has 0 aromatic heterocycles. The number of hydrogen-bond acceptors (Lipinski definition) is 4. The molecule has 6 nitrogen and oxygen atoms in total. The molecule has 2 aliphatic carbocycles. The molecule has 0 aromatic rings. The van der Waals surface area contributed by atoms with E-state index in [1.807, 2.05) is 16.7 Å². The number of ether oxygens (including phenoxy) is 1. The van der Waals surface area contributed by atoms with E-state index in [9.17, 15) is 9.59 Å². The topological polar surface area (TPSA) is 53.1 Å². The van der Waals surface area contributed by atoms with Crippen LogP contribution < -0.4 is 0 Å². The van der Waals surface area contributed by atoms with E-state index in [1.54, 1.807) is 0 Å². The number of carbonyl (C=O) groups is 2. The van der Waals surface area contributed by atoms with Crippen molar-refractivity contribution >= 4 is 12.0 Å². The van der Waals surface area contributed by atoms with Gasteiger partial charge in [0.1, 0.15) is 0 Å². The van der Waals surface area contributed by atoms with Gasteiger partial charge >= 0.3 is 6.09 Å². The van der Waals surface area contributed by atoms with Gasteiger partial charge in [-0.3, -0.25) is 9.69 Å². The maximum Gasteiger partial charge on any atom is 0.409 e. The summed E-state index contributed by atoms with van der Waals surface area (Å²) in [4.78, 5) is 30.9. The van der Waals surface area contributed by atoms with Gasteiger partial charge in [-0.15, -0.1) is 0 Å². The van der Waals surface area contributed by atoms with Crippen molar-refractivity contribution in [2.75, 3.05) is 39.3 Å². The first-order chi connectivity index (χ1) is 12.4. The molecule has 0 aromatic carbocycles. The van der Waals surface area contributed by atoms with Gasteiger partial charge in [0, 0.05) is 56.1 Å². The number of hydrogen-bond donors (Lipinski definition) is 0. The Balaban J connectivity index is 1.21. The number of piperidine rings is 1. The van der Waals surface area contributed by atoms with Crippen LogP contribution in [0.1, 0.15) is 40.5 Å². The fourth-order valence-corrected chi connectivity index (χ4v) is 5.75. The van der Waals surface area contributed by atoms with Crippen LogP contribution in [-0.4, -0.2) is 78.1 Å². The van der Waals surface area contributed by atoms with Crippen molar-refractivity contribution in [3.63, 3.8) is 0 Å². The van der Waals surface area contributed by atoms with Crippen molar-refractivity contribution in [2.24, 2.45) is 23.2 Å². The van der Waals surface area contributed by atoms with Crippen LogP contribution in [0.2, 0.25) is 0 Å². The van der Waals surface area contributed by atoms with Crippen LogP contribution in [-0.2, 0) is 9.53 Å². The molecule has 0 radical (unpaired) electrons. The summed E-state index contributed by atoms with van der Waals surface area (Å²) in [6.45, 7) is 13.3. The Bertz CT molecular complexity index is 567. The minimum absolute atomic E-state index is 0.157. The Labute approximate surface area is 156 Å². The summed E-state index contributed by atoms with van der Waals surface area (Å²) >= 11 is 0. The minimum atomic E-state index is -0.157. The highest BCUT2D eigenvalue weighted by molar-refractivity contribution is 5.83. The molecule has 26 heavy (non-hydrogen) atoms. The van der Waals surface area contributed by atoms with Gasteiger partial charge in [0.05, 0.1) is 6.61 Å². The van der Waals surface area contributed by atoms with Crippen LogP contribution in [0.3, 0.4) is 0 Å². The maximum absolute atomic E-state index is 12.7. The summed E-state index contributed by atoms with van der Waals surface area (Å²) in [5.74, 6) is 1.84. The van der Waals surface area contributed by atoms with E-state index < -0.39 is 0 Å². The standard InChI is InChI=1S/C20H33N3O3/c1-5-23(13(3)4)18(24)17-15-9-21(10-16(15)17)14-7-20(8-14)11-22(12-20)19(25)26-6-2/h13-17H,5-12H2,1-4H3/t15-,16+,17+. The molecule has 0 N–H and O–H groups in total. The lowest BCUT2D eigenvalue weighted by Crippen LogP contribution is -2.67. The van der Waals surface area contributed by atoms with Crippen molar-refractivity contribution in [2.45, 2.75) is 52.6 Å². The Morgan fingerprint density at radius 1 is 1.15 bits per heavy atom. The number of rotatable bonds is 5. The fourth-order valence-electron chi connectivity index (χ4n) is 5.75. The van der Waals surface area contributed by atoms with E-state index in [1.165, 1.54) is 12.8 Å². The maximum atomic E-state index is 12.7. The highest BCUT2D eigenvalue weighted by atomic mass is 16.6. The van der Waals surface area contributed by atoms with E-state index >= 15 is 0 Å². The first-order valence-corrected chi connectivity index (χ1v) is 10.4. The van der Waals surface area contributed by atoms with Crippen LogP contribution in [0.5, 0.6) is 0 Å². The summed E-state index contributed by atoms with van der Waals surface area (Å²) < 4.78 is 5.07. The highest BCUT2D eigenvalue weighted by Gasteiger charge is 2.63. The molecule has 1 spiro atoms. The third kappa shape index (κ3) is 2.81. The predicted octanol–water partition coefficient (Wildman–Crippen LogP) is 2.04. The second-order valence-electron chi connectivity index (χ2n) is 9.14. The van der Waals surface area contributed by atoms with E-state index in [-0.39, 0.29) is 12.0 Å². The van der Waals surface area contributed by atoms with Crippen LogP contribution in [0, 0.1) is 23.2 Å². The smallest absolute Gasteiger partial charge is 0.409 e. The first kappa shape index (κ1) is 18.1. The molecular weight excluding hydrogens is 330 g/mol.